The zero-order chi connectivity index (χ0) is 17.5. The van der Waals surface area contributed by atoms with E-state index in [2.05, 4.69) is 0 Å². The summed E-state index contributed by atoms with van der Waals surface area (Å²) in [6.45, 7) is 0. The molecule has 0 saturated heterocycles. The first-order valence-corrected chi connectivity index (χ1v) is 6.34. The third-order valence-electron chi connectivity index (χ3n) is 3.89. The number of hydrogen-bond donors (Lipinski definition) is 0. The number of benzene rings is 4. The summed E-state index contributed by atoms with van der Waals surface area (Å²) in [5.41, 5.74) is 0. The Kier molecular flexibility index (Phi) is 2.77. The van der Waals surface area contributed by atoms with Crippen LogP contribution in [0.25, 0.3) is 32.3 Å². The normalized spacial score (nSPS) is 12.2. The zero-order valence-corrected chi connectivity index (χ0v) is 11.1. The van der Waals surface area contributed by atoms with Crippen LogP contribution in [-0.4, -0.2) is 0 Å². The summed E-state index contributed by atoms with van der Waals surface area (Å²) in [6, 6.07) is 2.20. The van der Waals surface area contributed by atoms with Crippen molar-refractivity contribution in [3.8, 4) is 0 Å². The molecule has 0 bridgehead atoms. The average Bonchev–Trinajstić information content (AvgIpc) is 2.52. The third kappa shape index (κ3) is 1.53. The van der Waals surface area contributed by atoms with Crippen molar-refractivity contribution >= 4 is 32.3 Å². The summed E-state index contributed by atoms with van der Waals surface area (Å²) in [5, 5.41) is -6.05. The average molecular weight is 345 g/mol. The van der Waals surface area contributed by atoms with Crippen LogP contribution in [0.3, 0.4) is 0 Å². The molecular formula is C16HF8. The van der Waals surface area contributed by atoms with Crippen molar-refractivity contribution < 1.29 is 35.1 Å². The van der Waals surface area contributed by atoms with Gasteiger partial charge in [-0.25, -0.2) is 35.1 Å². The Balaban J connectivity index is 2.56. The summed E-state index contributed by atoms with van der Waals surface area (Å²) in [7, 11) is 0. The van der Waals surface area contributed by atoms with E-state index < -0.39 is 78.9 Å². The Morgan fingerprint density at radius 3 is 1.62 bits per heavy atom. The SMILES string of the molecule is Fc1[c]c2cc(F)c3c(F)c(F)c(F)c4c(F)c(F)c(c1F)c2c34. The lowest BCUT2D eigenvalue weighted by Gasteiger charge is -2.15. The first-order chi connectivity index (χ1) is 11.3. The largest absolute Gasteiger partial charge is 0.206 e. The maximum Gasteiger partial charge on any atom is 0.195 e. The summed E-state index contributed by atoms with van der Waals surface area (Å²) in [4.78, 5) is 0. The molecule has 0 N–H and O–H groups in total. The van der Waals surface area contributed by atoms with Gasteiger partial charge in [-0.3, -0.25) is 0 Å². The molecule has 0 fully saturated rings. The molecule has 0 aromatic heterocycles. The van der Waals surface area contributed by atoms with Crippen LogP contribution in [0.5, 0.6) is 0 Å². The van der Waals surface area contributed by atoms with Crippen molar-refractivity contribution in [2.45, 2.75) is 0 Å². The molecule has 0 nitrogen and oxygen atoms in total. The van der Waals surface area contributed by atoms with E-state index in [-0.39, 0.29) is 0 Å². The molecule has 0 unspecified atom stereocenters. The highest BCUT2D eigenvalue weighted by Crippen LogP contribution is 2.43. The molecular weight excluding hydrogens is 344 g/mol. The molecule has 0 amide bonds. The van der Waals surface area contributed by atoms with Gasteiger partial charge in [-0.2, -0.15) is 0 Å². The third-order valence-corrected chi connectivity index (χ3v) is 3.89. The standard InChI is InChI=1S/C16HF8/c17-4-1-3-2-5(18)11(19)9-6(3)8-7(4)12(20)16(24)15(23)10(8)14(22)13(9)21/h1H. The Labute approximate surface area is 127 Å². The second-order valence-electron chi connectivity index (χ2n) is 5.10. The van der Waals surface area contributed by atoms with Crippen LogP contribution in [-0.2, 0) is 0 Å². The summed E-state index contributed by atoms with van der Waals surface area (Å²) in [6.07, 6.45) is 0. The first kappa shape index (κ1) is 14.9. The minimum Gasteiger partial charge on any atom is -0.206 e. The van der Waals surface area contributed by atoms with Crippen molar-refractivity contribution in [3.05, 3.63) is 58.7 Å². The lowest BCUT2D eigenvalue weighted by molar-refractivity contribution is 0.450. The van der Waals surface area contributed by atoms with Crippen molar-refractivity contribution in [2.75, 3.05) is 0 Å². The van der Waals surface area contributed by atoms with Crippen LogP contribution < -0.4 is 0 Å². The van der Waals surface area contributed by atoms with Crippen molar-refractivity contribution in [1.82, 2.24) is 0 Å². The van der Waals surface area contributed by atoms with E-state index in [0.717, 1.165) is 0 Å². The van der Waals surface area contributed by atoms with Crippen LogP contribution >= 0.6 is 0 Å². The topological polar surface area (TPSA) is 0 Å². The molecule has 1 radical (unpaired) electrons. The lowest BCUT2D eigenvalue weighted by Crippen LogP contribution is -2.04. The molecule has 0 heterocycles. The predicted molar refractivity (Wildman–Crippen MR) is 68.6 cm³/mol. The van der Waals surface area contributed by atoms with E-state index in [1.807, 2.05) is 0 Å². The van der Waals surface area contributed by atoms with Crippen LogP contribution in [0.15, 0.2) is 6.07 Å². The molecule has 8 heteroatoms. The summed E-state index contributed by atoms with van der Waals surface area (Å²) < 4.78 is 111. The maximum atomic E-state index is 14.1. The van der Waals surface area contributed by atoms with Gasteiger partial charge in [0, 0.05) is 16.8 Å². The summed E-state index contributed by atoms with van der Waals surface area (Å²) >= 11 is 0. The Morgan fingerprint density at radius 1 is 0.500 bits per heavy atom. The molecule has 24 heavy (non-hydrogen) atoms. The zero-order valence-electron chi connectivity index (χ0n) is 11.1. The van der Waals surface area contributed by atoms with Gasteiger partial charge in [-0.1, -0.05) is 0 Å². The van der Waals surface area contributed by atoms with Gasteiger partial charge in [0.05, 0.1) is 16.2 Å². The molecule has 0 saturated carbocycles. The monoisotopic (exact) mass is 345 g/mol. The Morgan fingerprint density at radius 2 is 1.00 bits per heavy atom. The van der Waals surface area contributed by atoms with Gasteiger partial charge in [0.1, 0.15) is 5.82 Å². The molecule has 121 valence electrons. The molecule has 0 spiro atoms. The fourth-order valence-electron chi connectivity index (χ4n) is 2.92. The second-order valence-corrected chi connectivity index (χ2v) is 5.10. The smallest absolute Gasteiger partial charge is 0.195 e. The van der Waals surface area contributed by atoms with E-state index in [4.69, 9.17) is 0 Å². The van der Waals surface area contributed by atoms with Crippen LogP contribution in [0.4, 0.5) is 35.1 Å². The number of hydrogen-bond acceptors (Lipinski definition) is 0. The van der Waals surface area contributed by atoms with Gasteiger partial charge in [0.25, 0.3) is 0 Å². The van der Waals surface area contributed by atoms with Crippen LogP contribution in [0, 0.1) is 52.6 Å². The minimum atomic E-state index is -2.21. The van der Waals surface area contributed by atoms with E-state index in [1.165, 1.54) is 0 Å². The van der Waals surface area contributed by atoms with Crippen LogP contribution in [0.1, 0.15) is 0 Å². The molecule has 4 aromatic carbocycles. The van der Waals surface area contributed by atoms with Gasteiger partial charge in [0.2, 0.25) is 0 Å². The van der Waals surface area contributed by atoms with Crippen molar-refractivity contribution in [2.24, 2.45) is 0 Å². The van der Waals surface area contributed by atoms with E-state index in [0.29, 0.717) is 6.07 Å². The molecule has 0 aliphatic rings. The van der Waals surface area contributed by atoms with E-state index in [1.54, 1.807) is 6.07 Å². The van der Waals surface area contributed by atoms with Crippen molar-refractivity contribution in [1.29, 1.82) is 0 Å². The van der Waals surface area contributed by atoms with E-state index >= 15 is 0 Å². The molecule has 0 aliphatic heterocycles. The quantitative estimate of drug-likeness (QED) is 0.224. The van der Waals surface area contributed by atoms with Gasteiger partial charge in [0.15, 0.2) is 40.7 Å². The van der Waals surface area contributed by atoms with Crippen LogP contribution in [0.2, 0.25) is 0 Å². The molecule has 0 aliphatic carbocycles. The second kappa shape index (κ2) is 4.46. The van der Waals surface area contributed by atoms with Gasteiger partial charge >= 0.3 is 0 Å². The highest BCUT2D eigenvalue weighted by molar-refractivity contribution is 6.23. The molecule has 0 atom stereocenters. The number of halogens is 8. The van der Waals surface area contributed by atoms with Crippen molar-refractivity contribution in [3.63, 3.8) is 0 Å². The highest BCUT2D eigenvalue weighted by atomic mass is 19.2. The fourth-order valence-corrected chi connectivity index (χ4v) is 2.92. The maximum absolute atomic E-state index is 14.1. The molecule has 4 rings (SSSR count). The lowest BCUT2D eigenvalue weighted by atomic mass is 9.92. The van der Waals surface area contributed by atoms with Gasteiger partial charge in [-0.15, -0.1) is 0 Å². The van der Waals surface area contributed by atoms with E-state index in [9.17, 15) is 35.1 Å². The van der Waals surface area contributed by atoms with Gasteiger partial charge in [-0.05, 0) is 11.5 Å². The first-order valence-electron chi connectivity index (χ1n) is 6.34. The Hall–Kier alpha value is -2.64. The van der Waals surface area contributed by atoms with Gasteiger partial charge < -0.3 is 0 Å². The highest BCUT2D eigenvalue weighted by Gasteiger charge is 2.30. The minimum absolute atomic E-state index is 0.449. The fraction of sp³-hybridized carbons (Fsp3) is 0. The number of rotatable bonds is 0. The molecule has 4 aromatic rings. The predicted octanol–water partition coefficient (Wildman–Crippen LogP) is 5.50. The Bertz CT molecular complexity index is 1180. The summed E-state index contributed by atoms with van der Waals surface area (Å²) in [5.74, 6) is -15.5.